The van der Waals surface area contributed by atoms with Crippen LogP contribution in [0.1, 0.15) is 30.6 Å². The second-order valence-electron chi connectivity index (χ2n) is 4.85. The molecule has 4 nitrogen and oxygen atoms in total. The molecule has 1 unspecified atom stereocenters. The summed E-state index contributed by atoms with van der Waals surface area (Å²) < 4.78 is 0. The second kappa shape index (κ2) is 5.61. The number of nitrogens with one attached hydrogen (secondary N) is 1. The Morgan fingerprint density at radius 2 is 2.11 bits per heavy atom. The van der Waals surface area contributed by atoms with Crippen LogP contribution < -0.4 is 10.2 Å². The van der Waals surface area contributed by atoms with Gasteiger partial charge in [0, 0.05) is 37.3 Å². The minimum Gasteiger partial charge on any atom is -0.369 e. The first-order valence-electron chi connectivity index (χ1n) is 6.30. The van der Waals surface area contributed by atoms with E-state index >= 15 is 0 Å². The van der Waals surface area contributed by atoms with Crippen molar-refractivity contribution in [1.29, 1.82) is 0 Å². The average Bonchev–Trinajstić information content (AvgIpc) is 2.75. The van der Waals surface area contributed by atoms with Gasteiger partial charge in [0.25, 0.3) is 0 Å². The van der Waals surface area contributed by atoms with E-state index in [1.807, 2.05) is 12.1 Å². The summed E-state index contributed by atoms with van der Waals surface area (Å²) in [6, 6.07) is 5.66. The van der Waals surface area contributed by atoms with Crippen LogP contribution in [0.25, 0.3) is 0 Å². The van der Waals surface area contributed by atoms with E-state index in [0.29, 0.717) is 10.6 Å². The van der Waals surface area contributed by atoms with Crippen LogP contribution >= 0.6 is 11.6 Å². The monoisotopic (exact) mass is 280 g/mol. The van der Waals surface area contributed by atoms with E-state index in [9.17, 15) is 9.59 Å². The number of carbonyl (C=O) groups excluding carboxylic acids is 2. The summed E-state index contributed by atoms with van der Waals surface area (Å²) in [7, 11) is 0. The molecule has 1 amide bonds. The lowest BCUT2D eigenvalue weighted by Crippen LogP contribution is -2.35. The summed E-state index contributed by atoms with van der Waals surface area (Å²) in [6.07, 6.45) is 0.922. The quantitative estimate of drug-likeness (QED) is 0.864. The van der Waals surface area contributed by atoms with E-state index in [4.69, 9.17) is 11.6 Å². The van der Waals surface area contributed by atoms with Gasteiger partial charge in [-0.2, -0.15) is 0 Å². The van der Waals surface area contributed by atoms with E-state index in [1.165, 1.54) is 13.8 Å². The molecular weight excluding hydrogens is 264 g/mol. The van der Waals surface area contributed by atoms with E-state index in [0.717, 1.165) is 25.2 Å². The molecule has 1 N–H and O–H groups in total. The Balaban J connectivity index is 2.09. The van der Waals surface area contributed by atoms with Crippen LogP contribution in [0, 0.1) is 0 Å². The van der Waals surface area contributed by atoms with Crippen LogP contribution in [0.2, 0.25) is 5.02 Å². The molecule has 1 fully saturated rings. The molecule has 19 heavy (non-hydrogen) atoms. The Kier molecular flexibility index (Phi) is 4.10. The molecule has 1 saturated heterocycles. The Hall–Kier alpha value is -1.55. The second-order valence-corrected chi connectivity index (χ2v) is 5.26. The highest BCUT2D eigenvalue weighted by atomic mass is 35.5. The first kappa shape index (κ1) is 13.9. The van der Waals surface area contributed by atoms with Crippen molar-refractivity contribution in [2.75, 3.05) is 18.0 Å². The summed E-state index contributed by atoms with van der Waals surface area (Å²) >= 11 is 6.11. The minimum atomic E-state index is -0.0332. The molecule has 0 aromatic heterocycles. The summed E-state index contributed by atoms with van der Waals surface area (Å²) in [5, 5.41) is 3.40. The summed E-state index contributed by atoms with van der Waals surface area (Å²) in [4.78, 5) is 24.5. The third-order valence-electron chi connectivity index (χ3n) is 3.29. The van der Waals surface area contributed by atoms with E-state index in [1.54, 1.807) is 6.07 Å². The standard InChI is InChI=1S/C14H17ClN2O2/c1-9(18)13-4-3-12(7-14(13)15)17-6-5-11(8-17)16-10(2)19/h3-4,7,11H,5-6,8H2,1-2H3,(H,16,19). The average molecular weight is 281 g/mol. The number of ketones is 1. The normalized spacial score (nSPS) is 18.5. The molecule has 102 valence electrons. The lowest BCUT2D eigenvalue weighted by molar-refractivity contribution is -0.119. The van der Waals surface area contributed by atoms with Crippen LogP contribution in [0.4, 0.5) is 5.69 Å². The fourth-order valence-corrected chi connectivity index (χ4v) is 2.69. The number of amides is 1. The highest BCUT2D eigenvalue weighted by Crippen LogP contribution is 2.26. The number of benzene rings is 1. The lowest BCUT2D eigenvalue weighted by Gasteiger charge is -2.19. The van der Waals surface area contributed by atoms with E-state index < -0.39 is 0 Å². The maximum atomic E-state index is 11.3. The minimum absolute atomic E-state index is 0.00295. The predicted octanol–water partition coefficient (Wildman–Crippen LogP) is 2.26. The molecule has 1 aliphatic heterocycles. The first-order chi connectivity index (χ1) is 8.97. The van der Waals surface area contributed by atoms with Crippen molar-refractivity contribution in [2.24, 2.45) is 0 Å². The van der Waals surface area contributed by atoms with Gasteiger partial charge in [-0.1, -0.05) is 11.6 Å². The van der Waals surface area contributed by atoms with Crippen molar-refractivity contribution in [3.8, 4) is 0 Å². The molecule has 1 atom stereocenters. The van der Waals surface area contributed by atoms with Gasteiger partial charge in [0.2, 0.25) is 5.91 Å². The molecule has 0 saturated carbocycles. The van der Waals surface area contributed by atoms with Gasteiger partial charge in [0.05, 0.1) is 5.02 Å². The van der Waals surface area contributed by atoms with Gasteiger partial charge in [-0.3, -0.25) is 9.59 Å². The zero-order chi connectivity index (χ0) is 14.0. The van der Waals surface area contributed by atoms with Crippen molar-refractivity contribution in [3.05, 3.63) is 28.8 Å². The Labute approximate surface area is 117 Å². The van der Waals surface area contributed by atoms with E-state index in [-0.39, 0.29) is 17.7 Å². The summed E-state index contributed by atoms with van der Waals surface area (Å²) in [6.45, 7) is 4.68. The third-order valence-corrected chi connectivity index (χ3v) is 3.61. The van der Waals surface area contributed by atoms with Gasteiger partial charge >= 0.3 is 0 Å². The largest absolute Gasteiger partial charge is 0.369 e. The van der Waals surface area contributed by atoms with Gasteiger partial charge < -0.3 is 10.2 Å². The fraction of sp³-hybridized carbons (Fsp3) is 0.429. The molecule has 0 aliphatic carbocycles. The smallest absolute Gasteiger partial charge is 0.217 e. The van der Waals surface area contributed by atoms with Gasteiger partial charge in [0.1, 0.15) is 0 Å². The molecule has 1 heterocycles. The predicted molar refractivity (Wildman–Crippen MR) is 75.9 cm³/mol. The van der Waals surface area contributed by atoms with Crippen LogP contribution in [-0.4, -0.2) is 30.8 Å². The molecule has 1 aliphatic rings. The van der Waals surface area contributed by atoms with Crippen LogP contribution in [0.3, 0.4) is 0 Å². The molecule has 5 heteroatoms. The van der Waals surface area contributed by atoms with Gasteiger partial charge in [-0.25, -0.2) is 0 Å². The fourth-order valence-electron chi connectivity index (χ4n) is 2.39. The number of hydrogen-bond donors (Lipinski definition) is 1. The van der Waals surface area contributed by atoms with E-state index in [2.05, 4.69) is 10.2 Å². The molecule has 2 rings (SSSR count). The lowest BCUT2D eigenvalue weighted by atomic mass is 10.1. The zero-order valence-electron chi connectivity index (χ0n) is 11.1. The highest BCUT2D eigenvalue weighted by Gasteiger charge is 2.23. The SMILES string of the molecule is CC(=O)NC1CCN(c2ccc(C(C)=O)c(Cl)c2)C1. The van der Waals surface area contributed by atoms with Crippen molar-refractivity contribution in [1.82, 2.24) is 5.32 Å². The Bertz CT molecular complexity index is 516. The number of carbonyl (C=O) groups is 2. The molecule has 0 spiro atoms. The van der Waals surface area contributed by atoms with Crippen molar-refractivity contribution in [3.63, 3.8) is 0 Å². The van der Waals surface area contributed by atoms with Crippen molar-refractivity contribution >= 4 is 29.0 Å². The Morgan fingerprint density at radius 3 is 2.68 bits per heavy atom. The third kappa shape index (κ3) is 3.26. The van der Waals surface area contributed by atoms with Gasteiger partial charge in [-0.15, -0.1) is 0 Å². The van der Waals surface area contributed by atoms with Crippen LogP contribution in [-0.2, 0) is 4.79 Å². The molecule has 0 radical (unpaired) electrons. The number of hydrogen-bond acceptors (Lipinski definition) is 3. The number of nitrogens with zero attached hydrogens (tertiary/aromatic N) is 1. The number of Topliss-reactive ketones (excluding diaryl/α,β-unsaturated/α-hetero) is 1. The first-order valence-corrected chi connectivity index (χ1v) is 6.67. The topological polar surface area (TPSA) is 49.4 Å². The molecular formula is C14H17ClN2O2. The Morgan fingerprint density at radius 1 is 1.37 bits per heavy atom. The molecule has 1 aromatic carbocycles. The van der Waals surface area contributed by atoms with Crippen LogP contribution in [0.15, 0.2) is 18.2 Å². The van der Waals surface area contributed by atoms with Crippen molar-refractivity contribution in [2.45, 2.75) is 26.3 Å². The molecule has 1 aromatic rings. The van der Waals surface area contributed by atoms with Crippen LogP contribution in [0.5, 0.6) is 0 Å². The van der Waals surface area contributed by atoms with Gasteiger partial charge in [-0.05, 0) is 31.5 Å². The highest BCUT2D eigenvalue weighted by molar-refractivity contribution is 6.34. The number of halogens is 1. The maximum Gasteiger partial charge on any atom is 0.217 e. The van der Waals surface area contributed by atoms with Crippen molar-refractivity contribution < 1.29 is 9.59 Å². The summed E-state index contributed by atoms with van der Waals surface area (Å²) in [5.74, 6) is -0.0362. The van der Waals surface area contributed by atoms with Gasteiger partial charge in [0.15, 0.2) is 5.78 Å². The number of rotatable bonds is 3. The number of anilines is 1. The zero-order valence-corrected chi connectivity index (χ0v) is 11.8. The maximum absolute atomic E-state index is 11.3. The molecule has 0 bridgehead atoms. The summed E-state index contributed by atoms with van der Waals surface area (Å²) in [5.41, 5.74) is 1.53.